The Morgan fingerprint density at radius 3 is 2.76 bits per heavy atom. The number of anilines is 1. The maximum absolute atomic E-state index is 13.9. The number of aromatic nitrogens is 4. The molecule has 170 valence electrons. The Kier molecular flexibility index (Phi) is 6.40. The molecular weight excluding hydrogens is 452 g/mol. The van der Waals surface area contributed by atoms with Gasteiger partial charge in [0.1, 0.15) is 17.4 Å². The highest BCUT2D eigenvalue weighted by molar-refractivity contribution is 8.00. The van der Waals surface area contributed by atoms with Gasteiger partial charge in [0.2, 0.25) is 11.6 Å². The highest BCUT2D eigenvalue weighted by Crippen LogP contribution is 2.26. The number of hydrogen-bond acceptors (Lipinski definition) is 6. The van der Waals surface area contributed by atoms with Crippen LogP contribution in [0, 0.1) is 11.6 Å². The molecule has 0 bridgehead atoms. The molecule has 0 aliphatic carbocycles. The van der Waals surface area contributed by atoms with Crippen LogP contribution in [0.4, 0.5) is 14.5 Å². The smallest absolute Gasteiger partial charge is 0.300 e. The van der Waals surface area contributed by atoms with E-state index in [2.05, 4.69) is 15.5 Å². The zero-order valence-corrected chi connectivity index (χ0v) is 18.5. The van der Waals surface area contributed by atoms with Crippen molar-refractivity contribution < 1.29 is 18.3 Å². The maximum atomic E-state index is 13.9. The van der Waals surface area contributed by atoms with E-state index in [0.717, 1.165) is 30.0 Å². The molecule has 1 amide bonds. The fraction of sp³-hybridized carbons (Fsp3) is 0.182. The van der Waals surface area contributed by atoms with Crippen LogP contribution in [0.25, 0.3) is 11.3 Å². The van der Waals surface area contributed by atoms with Gasteiger partial charge in [0.15, 0.2) is 5.16 Å². The Morgan fingerprint density at radius 2 is 2.00 bits per heavy atom. The molecule has 1 N–H and O–H groups in total. The Balaban J connectivity index is 1.60. The van der Waals surface area contributed by atoms with Crippen molar-refractivity contribution in [2.45, 2.75) is 23.8 Å². The van der Waals surface area contributed by atoms with Gasteiger partial charge in [-0.3, -0.25) is 18.6 Å². The number of amides is 1. The Labute approximate surface area is 191 Å². The molecule has 4 aromatic rings. The van der Waals surface area contributed by atoms with Crippen molar-refractivity contribution in [1.29, 1.82) is 0 Å². The van der Waals surface area contributed by atoms with Gasteiger partial charge in [0.25, 0.3) is 0 Å². The summed E-state index contributed by atoms with van der Waals surface area (Å²) >= 11 is 1.07. The van der Waals surface area contributed by atoms with E-state index in [4.69, 9.17) is 4.74 Å². The average Bonchev–Trinajstić information content (AvgIpc) is 3.23. The molecule has 0 aliphatic rings. The monoisotopic (exact) mass is 471 g/mol. The number of benzene rings is 2. The maximum Gasteiger partial charge on any atom is 0.300 e. The number of methoxy groups -OCH3 is 1. The number of carbonyl (C=O) groups is 1. The van der Waals surface area contributed by atoms with Crippen molar-refractivity contribution in [1.82, 2.24) is 19.2 Å². The number of ether oxygens (including phenoxy) is 1. The van der Waals surface area contributed by atoms with Crippen molar-refractivity contribution in [2.75, 3.05) is 12.4 Å². The van der Waals surface area contributed by atoms with E-state index >= 15 is 0 Å². The van der Waals surface area contributed by atoms with Gasteiger partial charge in [0, 0.05) is 24.5 Å². The van der Waals surface area contributed by atoms with Crippen LogP contribution in [0.3, 0.4) is 0 Å². The Bertz CT molecular complexity index is 1390. The van der Waals surface area contributed by atoms with Crippen molar-refractivity contribution in [3.8, 4) is 11.4 Å². The first-order chi connectivity index (χ1) is 15.9. The van der Waals surface area contributed by atoms with Gasteiger partial charge in [-0.15, -0.1) is 10.2 Å². The normalized spacial score (nSPS) is 12.0. The van der Waals surface area contributed by atoms with Crippen LogP contribution < -0.4 is 15.6 Å². The molecule has 2 heterocycles. The van der Waals surface area contributed by atoms with Crippen LogP contribution in [-0.4, -0.2) is 37.4 Å². The highest BCUT2D eigenvalue weighted by atomic mass is 32.2. The molecule has 0 spiro atoms. The second-order valence-corrected chi connectivity index (χ2v) is 8.15. The van der Waals surface area contributed by atoms with Crippen LogP contribution in [0.2, 0.25) is 0 Å². The van der Waals surface area contributed by atoms with Gasteiger partial charge in [-0.05, 0) is 30.7 Å². The molecule has 8 nitrogen and oxygen atoms in total. The molecule has 0 saturated carbocycles. The standard InChI is InChI=1S/C22H19F2N5O3S/c1-3-18(20(30)25-17-11-13(23)7-8-16(17)24)33-22-27-26-19-21(31)28(9-10-29(19)22)14-5-4-6-15(12-14)32-2/h4-12,18H,3H2,1-2H3,(H,25,30)/t18-/m0/s1. The lowest BCUT2D eigenvalue weighted by Gasteiger charge is -2.14. The molecule has 11 heteroatoms. The summed E-state index contributed by atoms with van der Waals surface area (Å²) in [6.07, 6.45) is 3.57. The fourth-order valence-electron chi connectivity index (χ4n) is 3.17. The van der Waals surface area contributed by atoms with Crippen LogP contribution >= 0.6 is 11.8 Å². The largest absolute Gasteiger partial charge is 0.497 e. The summed E-state index contributed by atoms with van der Waals surface area (Å²) in [6, 6.07) is 9.84. The Hall–Kier alpha value is -3.73. The van der Waals surface area contributed by atoms with Crippen LogP contribution in [-0.2, 0) is 4.79 Å². The third-order valence-corrected chi connectivity index (χ3v) is 6.19. The number of thioether (sulfide) groups is 1. The van der Waals surface area contributed by atoms with Crippen molar-refractivity contribution in [2.24, 2.45) is 0 Å². The number of fused-ring (bicyclic) bond motifs is 1. The molecule has 1 atom stereocenters. The molecule has 2 aromatic heterocycles. The van der Waals surface area contributed by atoms with E-state index in [-0.39, 0.29) is 11.3 Å². The number of nitrogens with one attached hydrogen (secondary N) is 1. The quantitative estimate of drug-likeness (QED) is 0.414. The minimum atomic E-state index is -0.740. The molecular formula is C22H19F2N5O3S. The van der Waals surface area contributed by atoms with Gasteiger partial charge in [-0.2, -0.15) is 0 Å². The molecule has 0 fully saturated rings. The summed E-state index contributed by atoms with van der Waals surface area (Å²) in [5.74, 6) is -1.32. The Morgan fingerprint density at radius 1 is 1.18 bits per heavy atom. The fourth-order valence-corrected chi connectivity index (χ4v) is 4.10. The SMILES string of the molecule is CC[C@H](Sc1nnc2c(=O)n(-c3cccc(OC)c3)ccn12)C(=O)Nc1cc(F)ccc1F. The second-order valence-electron chi connectivity index (χ2n) is 6.98. The number of nitrogens with zero attached hydrogens (tertiary/aromatic N) is 4. The first-order valence-electron chi connectivity index (χ1n) is 9.94. The van der Waals surface area contributed by atoms with E-state index in [0.29, 0.717) is 23.0 Å². The number of halogens is 2. The van der Waals surface area contributed by atoms with Gasteiger partial charge < -0.3 is 10.1 Å². The summed E-state index contributed by atoms with van der Waals surface area (Å²) < 4.78 is 35.4. The molecule has 0 aliphatic heterocycles. The minimum Gasteiger partial charge on any atom is -0.497 e. The first-order valence-corrected chi connectivity index (χ1v) is 10.8. The lowest BCUT2D eigenvalue weighted by Crippen LogP contribution is -2.25. The van der Waals surface area contributed by atoms with Crippen molar-refractivity contribution >= 4 is 29.0 Å². The third-order valence-electron chi connectivity index (χ3n) is 4.87. The summed E-state index contributed by atoms with van der Waals surface area (Å²) in [7, 11) is 1.54. The molecule has 33 heavy (non-hydrogen) atoms. The van der Waals surface area contributed by atoms with Gasteiger partial charge in [-0.25, -0.2) is 8.78 Å². The lowest BCUT2D eigenvalue weighted by molar-refractivity contribution is -0.115. The average molecular weight is 471 g/mol. The predicted octanol–water partition coefficient (Wildman–Crippen LogP) is 3.68. The zero-order chi connectivity index (χ0) is 23.5. The molecule has 4 rings (SSSR count). The zero-order valence-electron chi connectivity index (χ0n) is 17.7. The van der Waals surface area contributed by atoms with E-state index in [1.54, 1.807) is 43.6 Å². The summed E-state index contributed by atoms with van der Waals surface area (Å²) in [5.41, 5.74) is 0.0343. The van der Waals surface area contributed by atoms with E-state index < -0.39 is 28.4 Å². The number of carbonyl (C=O) groups excluding carboxylic acids is 1. The minimum absolute atomic E-state index is 0.0780. The molecule has 2 aromatic carbocycles. The van der Waals surface area contributed by atoms with Crippen LogP contribution in [0.1, 0.15) is 13.3 Å². The first kappa shape index (κ1) is 22.5. The number of hydrogen-bond donors (Lipinski definition) is 1. The van der Waals surface area contributed by atoms with E-state index in [1.165, 1.54) is 16.1 Å². The number of rotatable bonds is 7. The molecule has 0 radical (unpaired) electrons. The second kappa shape index (κ2) is 9.41. The predicted molar refractivity (Wildman–Crippen MR) is 120 cm³/mol. The highest BCUT2D eigenvalue weighted by Gasteiger charge is 2.23. The summed E-state index contributed by atoms with van der Waals surface area (Å²) in [4.78, 5) is 25.7. The van der Waals surface area contributed by atoms with Crippen LogP contribution in [0.5, 0.6) is 5.75 Å². The third kappa shape index (κ3) is 4.58. The van der Waals surface area contributed by atoms with Gasteiger partial charge >= 0.3 is 5.56 Å². The summed E-state index contributed by atoms with van der Waals surface area (Å²) in [5, 5.41) is 10.1. The van der Waals surface area contributed by atoms with E-state index in [9.17, 15) is 18.4 Å². The lowest BCUT2D eigenvalue weighted by atomic mass is 10.2. The summed E-state index contributed by atoms with van der Waals surface area (Å²) in [6.45, 7) is 1.78. The topological polar surface area (TPSA) is 90.5 Å². The van der Waals surface area contributed by atoms with E-state index in [1.807, 2.05) is 0 Å². The van der Waals surface area contributed by atoms with Gasteiger partial charge in [-0.1, -0.05) is 24.8 Å². The van der Waals surface area contributed by atoms with Gasteiger partial charge in [0.05, 0.1) is 23.7 Å². The van der Waals surface area contributed by atoms with Crippen molar-refractivity contribution in [3.63, 3.8) is 0 Å². The molecule has 0 unspecified atom stereocenters. The van der Waals surface area contributed by atoms with Crippen LogP contribution in [0.15, 0.2) is 64.8 Å². The van der Waals surface area contributed by atoms with Crippen molar-refractivity contribution in [3.05, 3.63) is 76.8 Å². The molecule has 0 saturated heterocycles.